The van der Waals surface area contributed by atoms with Gasteiger partial charge in [0.05, 0.1) is 7.11 Å². The van der Waals surface area contributed by atoms with Crippen molar-refractivity contribution in [1.82, 2.24) is 5.32 Å². The summed E-state index contributed by atoms with van der Waals surface area (Å²) >= 11 is 0. The summed E-state index contributed by atoms with van der Waals surface area (Å²) in [7, 11) is 1.61. The molecule has 1 saturated heterocycles. The predicted molar refractivity (Wildman–Crippen MR) is 71.7 cm³/mol. The zero-order chi connectivity index (χ0) is 13.0. The molecule has 100 valence electrons. The zero-order valence-electron chi connectivity index (χ0n) is 11.2. The number of rotatable bonds is 4. The van der Waals surface area contributed by atoms with Gasteiger partial charge in [0.1, 0.15) is 11.4 Å². The van der Waals surface area contributed by atoms with Crippen molar-refractivity contribution in [1.29, 1.82) is 0 Å². The first-order valence-corrected chi connectivity index (χ1v) is 6.69. The molecule has 2 unspecified atom stereocenters. The molecule has 0 aromatic heterocycles. The number of methoxy groups -OCH3 is 1. The molecule has 2 nitrogen and oxygen atoms in total. The van der Waals surface area contributed by atoms with Gasteiger partial charge in [-0.05, 0) is 44.0 Å². The number of nitrogens with one attached hydrogen (secondary N) is 1. The second-order valence-corrected chi connectivity index (χ2v) is 5.28. The molecule has 0 amide bonds. The van der Waals surface area contributed by atoms with Gasteiger partial charge in [0.2, 0.25) is 0 Å². The Morgan fingerprint density at radius 3 is 2.94 bits per heavy atom. The normalized spacial score (nSPS) is 23.4. The van der Waals surface area contributed by atoms with Crippen molar-refractivity contribution in [3.63, 3.8) is 0 Å². The number of hydrogen-bond donors (Lipinski definition) is 1. The van der Waals surface area contributed by atoms with Crippen LogP contribution in [-0.4, -0.2) is 19.7 Å². The molecular formula is C15H22FNO. The second kappa shape index (κ2) is 5.70. The lowest BCUT2D eigenvalue weighted by Crippen LogP contribution is -2.38. The average molecular weight is 251 g/mol. The number of hydrogen-bond acceptors (Lipinski definition) is 2. The van der Waals surface area contributed by atoms with Gasteiger partial charge in [-0.1, -0.05) is 18.6 Å². The molecule has 2 rings (SSSR count). The van der Waals surface area contributed by atoms with Gasteiger partial charge in [-0.15, -0.1) is 0 Å². The van der Waals surface area contributed by atoms with Gasteiger partial charge in [0, 0.05) is 12.5 Å². The number of alkyl halides is 1. The summed E-state index contributed by atoms with van der Waals surface area (Å²) in [6.07, 6.45) is 4.01. The van der Waals surface area contributed by atoms with Crippen LogP contribution in [0.1, 0.15) is 38.2 Å². The molecule has 0 spiro atoms. The quantitative estimate of drug-likeness (QED) is 0.885. The minimum atomic E-state index is -1.30. The van der Waals surface area contributed by atoms with Crippen molar-refractivity contribution in [3.8, 4) is 5.75 Å². The first kappa shape index (κ1) is 13.3. The highest BCUT2D eigenvalue weighted by molar-refractivity contribution is 5.32. The second-order valence-electron chi connectivity index (χ2n) is 5.28. The van der Waals surface area contributed by atoms with Crippen LogP contribution in [0.3, 0.4) is 0 Å². The summed E-state index contributed by atoms with van der Waals surface area (Å²) in [5.41, 5.74) is -0.599. The molecule has 0 radical (unpaired) electrons. The monoisotopic (exact) mass is 251 g/mol. The highest BCUT2D eigenvalue weighted by atomic mass is 19.1. The fraction of sp³-hybridized carbons (Fsp3) is 0.600. The third kappa shape index (κ3) is 3.22. The van der Waals surface area contributed by atoms with E-state index < -0.39 is 5.67 Å². The molecule has 18 heavy (non-hydrogen) atoms. The van der Waals surface area contributed by atoms with Gasteiger partial charge in [-0.25, -0.2) is 4.39 Å². The first-order chi connectivity index (χ1) is 8.62. The van der Waals surface area contributed by atoms with E-state index in [-0.39, 0.29) is 0 Å². The van der Waals surface area contributed by atoms with Crippen molar-refractivity contribution < 1.29 is 9.13 Å². The van der Waals surface area contributed by atoms with E-state index >= 15 is 0 Å². The molecule has 1 N–H and O–H groups in total. The minimum Gasteiger partial charge on any atom is -0.497 e. The summed E-state index contributed by atoms with van der Waals surface area (Å²) in [6.45, 7) is 2.68. The third-order valence-corrected chi connectivity index (χ3v) is 3.71. The molecule has 1 fully saturated rings. The van der Waals surface area contributed by atoms with E-state index in [1.54, 1.807) is 20.1 Å². The Balaban J connectivity index is 2.08. The molecule has 1 aromatic carbocycles. The maximum atomic E-state index is 14.8. The molecule has 1 aliphatic rings. The first-order valence-electron chi connectivity index (χ1n) is 6.69. The molecule has 1 heterocycles. The van der Waals surface area contributed by atoms with E-state index in [1.807, 2.05) is 18.2 Å². The van der Waals surface area contributed by atoms with Crippen molar-refractivity contribution >= 4 is 0 Å². The molecule has 2 atom stereocenters. The lowest BCUT2D eigenvalue weighted by molar-refractivity contribution is 0.146. The van der Waals surface area contributed by atoms with Gasteiger partial charge in [-0.2, -0.15) is 0 Å². The summed E-state index contributed by atoms with van der Waals surface area (Å²) < 4.78 is 20.0. The van der Waals surface area contributed by atoms with Crippen LogP contribution < -0.4 is 10.1 Å². The van der Waals surface area contributed by atoms with E-state index in [0.29, 0.717) is 23.8 Å². The maximum absolute atomic E-state index is 14.8. The minimum absolute atomic E-state index is 0.292. The van der Waals surface area contributed by atoms with Gasteiger partial charge in [0.15, 0.2) is 0 Å². The van der Waals surface area contributed by atoms with E-state index in [0.717, 1.165) is 13.0 Å². The van der Waals surface area contributed by atoms with Crippen molar-refractivity contribution in [2.24, 2.45) is 0 Å². The van der Waals surface area contributed by atoms with E-state index in [1.165, 1.54) is 12.8 Å². The number of piperidine rings is 1. The van der Waals surface area contributed by atoms with Gasteiger partial charge in [0.25, 0.3) is 0 Å². The Labute approximate surface area is 109 Å². The number of halogens is 1. The molecule has 1 aromatic rings. The highest BCUT2D eigenvalue weighted by Crippen LogP contribution is 2.34. The van der Waals surface area contributed by atoms with E-state index in [4.69, 9.17) is 4.74 Å². The molecule has 3 heteroatoms. The topological polar surface area (TPSA) is 21.3 Å². The van der Waals surface area contributed by atoms with Gasteiger partial charge >= 0.3 is 0 Å². The Morgan fingerprint density at radius 1 is 1.44 bits per heavy atom. The Kier molecular flexibility index (Phi) is 4.23. The van der Waals surface area contributed by atoms with Crippen LogP contribution in [0, 0.1) is 0 Å². The van der Waals surface area contributed by atoms with Crippen LogP contribution in [0.5, 0.6) is 5.75 Å². The molecular weight excluding hydrogens is 229 g/mol. The third-order valence-electron chi connectivity index (χ3n) is 3.71. The van der Waals surface area contributed by atoms with E-state index in [9.17, 15) is 4.39 Å². The van der Waals surface area contributed by atoms with Crippen LogP contribution in [0.15, 0.2) is 24.3 Å². The summed E-state index contributed by atoms with van der Waals surface area (Å²) in [5.74, 6) is 0.716. The van der Waals surface area contributed by atoms with E-state index in [2.05, 4.69) is 5.32 Å². The summed E-state index contributed by atoms with van der Waals surface area (Å²) in [5, 5.41) is 3.40. The molecule has 0 saturated carbocycles. The lowest BCUT2D eigenvalue weighted by Gasteiger charge is -2.30. The predicted octanol–water partition coefficient (Wildman–Crippen LogP) is 3.41. The van der Waals surface area contributed by atoms with Crippen LogP contribution in [0.25, 0.3) is 0 Å². The molecule has 1 aliphatic heterocycles. The SMILES string of the molecule is COc1cccc(C(C)(F)CC2CCCCN2)c1. The van der Waals surface area contributed by atoms with Gasteiger partial charge < -0.3 is 10.1 Å². The zero-order valence-corrected chi connectivity index (χ0v) is 11.2. The Morgan fingerprint density at radius 2 is 2.28 bits per heavy atom. The number of ether oxygens (including phenoxy) is 1. The molecule has 0 bridgehead atoms. The Bertz CT molecular complexity index is 386. The van der Waals surface area contributed by atoms with Crippen molar-refractivity contribution in [2.45, 2.75) is 44.3 Å². The smallest absolute Gasteiger partial charge is 0.134 e. The largest absolute Gasteiger partial charge is 0.497 e. The fourth-order valence-corrected chi connectivity index (χ4v) is 2.63. The maximum Gasteiger partial charge on any atom is 0.134 e. The lowest BCUT2D eigenvalue weighted by atomic mass is 9.87. The summed E-state index contributed by atoms with van der Waals surface area (Å²) in [6, 6.07) is 7.62. The van der Waals surface area contributed by atoms with Crippen LogP contribution in [0.4, 0.5) is 4.39 Å². The molecule has 0 aliphatic carbocycles. The highest BCUT2D eigenvalue weighted by Gasteiger charge is 2.30. The van der Waals surface area contributed by atoms with Crippen LogP contribution in [0.2, 0.25) is 0 Å². The average Bonchev–Trinajstić information content (AvgIpc) is 2.39. The van der Waals surface area contributed by atoms with Crippen molar-refractivity contribution in [2.75, 3.05) is 13.7 Å². The van der Waals surface area contributed by atoms with Crippen LogP contribution in [-0.2, 0) is 5.67 Å². The number of benzene rings is 1. The summed E-state index contributed by atoms with van der Waals surface area (Å²) in [4.78, 5) is 0. The van der Waals surface area contributed by atoms with Crippen molar-refractivity contribution in [3.05, 3.63) is 29.8 Å². The fourth-order valence-electron chi connectivity index (χ4n) is 2.63. The van der Waals surface area contributed by atoms with Gasteiger partial charge in [-0.3, -0.25) is 0 Å². The standard InChI is InChI=1S/C15H22FNO/c1-15(16,11-13-7-3-4-9-17-13)12-6-5-8-14(10-12)18-2/h5-6,8,10,13,17H,3-4,7,9,11H2,1-2H3. The Hall–Kier alpha value is -1.09. The van der Waals surface area contributed by atoms with Crippen LogP contribution >= 0.6 is 0 Å².